The van der Waals surface area contributed by atoms with E-state index in [4.69, 9.17) is 4.42 Å². The second-order valence-corrected chi connectivity index (χ2v) is 6.37. The molecule has 0 aliphatic rings. The number of benzene rings is 2. The molecule has 0 saturated carbocycles. The number of rotatable bonds is 4. The Kier molecular flexibility index (Phi) is 4.07. The van der Waals surface area contributed by atoms with Crippen LogP contribution >= 0.6 is 15.9 Å². The summed E-state index contributed by atoms with van der Waals surface area (Å²) in [5, 5.41) is 7.82. The first-order chi connectivity index (χ1) is 12.2. The highest BCUT2D eigenvalue weighted by Crippen LogP contribution is 2.27. The fraction of sp³-hybridized carbons (Fsp3) is 0.0556. The molecule has 4 aromatic rings. The van der Waals surface area contributed by atoms with E-state index < -0.39 is 0 Å². The van der Waals surface area contributed by atoms with Gasteiger partial charge in [0.25, 0.3) is 5.91 Å². The summed E-state index contributed by atoms with van der Waals surface area (Å²) in [6.07, 6.45) is 3.14. The molecular formula is C18H13BrN4O2. The fourth-order valence-electron chi connectivity index (χ4n) is 2.58. The Morgan fingerprint density at radius 3 is 2.88 bits per heavy atom. The summed E-state index contributed by atoms with van der Waals surface area (Å²) >= 11 is 3.43. The lowest BCUT2D eigenvalue weighted by Crippen LogP contribution is -2.11. The molecule has 7 heteroatoms. The monoisotopic (exact) mass is 396 g/mol. The van der Waals surface area contributed by atoms with Gasteiger partial charge < -0.3 is 9.73 Å². The Morgan fingerprint density at radius 2 is 2.08 bits per heavy atom. The topological polar surface area (TPSA) is 73.0 Å². The van der Waals surface area contributed by atoms with Crippen molar-refractivity contribution in [3.63, 3.8) is 0 Å². The quantitative estimate of drug-likeness (QED) is 0.563. The zero-order valence-corrected chi connectivity index (χ0v) is 14.6. The van der Waals surface area contributed by atoms with E-state index in [9.17, 15) is 4.79 Å². The van der Waals surface area contributed by atoms with Gasteiger partial charge in [0.15, 0.2) is 5.76 Å². The summed E-state index contributed by atoms with van der Waals surface area (Å²) in [5.41, 5.74) is 2.37. The number of hydrogen-bond acceptors (Lipinski definition) is 4. The number of amides is 1. The number of halogens is 1. The van der Waals surface area contributed by atoms with Gasteiger partial charge in [0, 0.05) is 11.1 Å². The van der Waals surface area contributed by atoms with Crippen LogP contribution in [-0.4, -0.2) is 20.7 Å². The van der Waals surface area contributed by atoms with Crippen LogP contribution in [0.3, 0.4) is 0 Å². The number of para-hydroxylation sites is 1. The second-order valence-electron chi connectivity index (χ2n) is 5.52. The maximum atomic E-state index is 12.5. The molecule has 0 radical (unpaired) electrons. The fourth-order valence-corrected chi connectivity index (χ4v) is 3.04. The number of anilines is 1. The minimum absolute atomic E-state index is 0.267. The van der Waals surface area contributed by atoms with Crippen LogP contribution in [0.4, 0.5) is 5.69 Å². The predicted molar refractivity (Wildman–Crippen MR) is 97.4 cm³/mol. The zero-order chi connectivity index (χ0) is 17.2. The standard InChI is InChI=1S/C18H13BrN4O2/c19-15-6-2-4-13-8-16(25-17(13)15)18(24)22-14-5-1-3-12(7-14)9-23-11-20-10-21-23/h1-8,10-11H,9H2,(H,22,24). The van der Waals surface area contributed by atoms with Crippen molar-refractivity contribution in [2.45, 2.75) is 6.54 Å². The molecule has 1 amide bonds. The number of nitrogens with one attached hydrogen (secondary N) is 1. The van der Waals surface area contributed by atoms with E-state index >= 15 is 0 Å². The molecule has 6 nitrogen and oxygen atoms in total. The molecule has 25 heavy (non-hydrogen) atoms. The number of fused-ring (bicyclic) bond motifs is 1. The molecule has 0 aliphatic carbocycles. The van der Waals surface area contributed by atoms with Crippen molar-refractivity contribution in [3.8, 4) is 0 Å². The first-order valence-electron chi connectivity index (χ1n) is 7.60. The summed E-state index contributed by atoms with van der Waals surface area (Å²) in [6, 6.07) is 15.0. The lowest BCUT2D eigenvalue weighted by Gasteiger charge is -2.06. The average Bonchev–Trinajstić information content (AvgIpc) is 3.25. The van der Waals surface area contributed by atoms with Gasteiger partial charge in [0.05, 0.1) is 11.0 Å². The largest absolute Gasteiger partial charge is 0.450 e. The van der Waals surface area contributed by atoms with Gasteiger partial charge in [-0.2, -0.15) is 5.10 Å². The van der Waals surface area contributed by atoms with Crippen LogP contribution in [0.5, 0.6) is 0 Å². The third kappa shape index (κ3) is 3.32. The Hall–Kier alpha value is -2.93. The maximum Gasteiger partial charge on any atom is 0.291 e. The third-order valence-corrected chi connectivity index (χ3v) is 4.34. The smallest absolute Gasteiger partial charge is 0.291 e. The molecule has 2 aromatic heterocycles. The van der Waals surface area contributed by atoms with Crippen molar-refractivity contribution in [1.82, 2.24) is 14.8 Å². The molecule has 0 unspecified atom stereocenters. The molecule has 0 bridgehead atoms. The molecule has 1 N–H and O–H groups in total. The number of aromatic nitrogens is 3. The van der Waals surface area contributed by atoms with Gasteiger partial charge in [0.2, 0.25) is 0 Å². The maximum absolute atomic E-state index is 12.5. The molecule has 4 rings (SSSR count). The van der Waals surface area contributed by atoms with Gasteiger partial charge in [-0.25, -0.2) is 9.67 Å². The number of furan rings is 1. The minimum Gasteiger partial charge on any atom is -0.450 e. The lowest BCUT2D eigenvalue weighted by atomic mass is 10.2. The zero-order valence-electron chi connectivity index (χ0n) is 13.0. The van der Waals surface area contributed by atoms with Gasteiger partial charge in [-0.1, -0.05) is 24.3 Å². The molecule has 2 aromatic carbocycles. The van der Waals surface area contributed by atoms with Crippen LogP contribution in [0.25, 0.3) is 11.0 Å². The molecule has 0 aliphatic heterocycles. The number of carbonyl (C=O) groups excluding carboxylic acids is 1. The Morgan fingerprint density at radius 1 is 1.20 bits per heavy atom. The van der Waals surface area contributed by atoms with Gasteiger partial charge in [-0.05, 0) is 45.8 Å². The summed E-state index contributed by atoms with van der Waals surface area (Å²) in [5.74, 6) is -0.0235. The molecule has 0 atom stereocenters. The Bertz CT molecular complexity index is 1040. The summed E-state index contributed by atoms with van der Waals surface area (Å²) in [7, 11) is 0. The molecule has 0 saturated heterocycles. The van der Waals surface area contributed by atoms with Gasteiger partial charge in [-0.15, -0.1) is 0 Å². The average molecular weight is 397 g/mol. The van der Waals surface area contributed by atoms with E-state index in [1.165, 1.54) is 6.33 Å². The van der Waals surface area contributed by atoms with E-state index in [0.29, 0.717) is 17.8 Å². The van der Waals surface area contributed by atoms with E-state index in [1.807, 2.05) is 42.5 Å². The highest BCUT2D eigenvalue weighted by molar-refractivity contribution is 9.10. The molecule has 0 spiro atoms. The number of nitrogens with zero attached hydrogens (tertiary/aromatic N) is 3. The van der Waals surface area contributed by atoms with Crippen LogP contribution in [0.2, 0.25) is 0 Å². The van der Waals surface area contributed by atoms with E-state index in [1.54, 1.807) is 17.1 Å². The van der Waals surface area contributed by atoms with Gasteiger partial charge in [-0.3, -0.25) is 4.79 Å². The summed E-state index contributed by atoms with van der Waals surface area (Å²) in [6.45, 7) is 0.585. The SMILES string of the molecule is O=C(Nc1cccc(Cn2cncn2)c1)c1cc2cccc(Br)c2o1. The van der Waals surface area contributed by atoms with E-state index in [2.05, 4.69) is 31.3 Å². The second kappa shape index (κ2) is 6.52. The van der Waals surface area contributed by atoms with Crippen LogP contribution in [0.1, 0.15) is 16.1 Å². The van der Waals surface area contributed by atoms with Crippen LogP contribution < -0.4 is 5.32 Å². The van der Waals surface area contributed by atoms with Crippen molar-refractivity contribution >= 4 is 38.5 Å². The molecule has 0 fully saturated rings. The first-order valence-corrected chi connectivity index (χ1v) is 8.39. The lowest BCUT2D eigenvalue weighted by molar-refractivity contribution is 0.0998. The highest BCUT2D eigenvalue weighted by Gasteiger charge is 2.14. The number of carbonyl (C=O) groups is 1. The van der Waals surface area contributed by atoms with E-state index in [-0.39, 0.29) is 11.7 Å². The minimum atomic E-state index is -0.291. The molecule has 124 valence electrons. The molecular weight excluding hydrogens is 384 g/mol. The van der Waals surface area contributed by atoms with Crippen molar-refractivity contribution in [3.05, 3.63) is 77.0 Å². The predicted octanol–water partition coefficient (Wildman–Crippen LogP) is 4.09. The van der Waals surface area contributed by atoms with Crippen LogP contribution in [0, 0.1) is 0 Å². The third-order valence-electron chi connectivity index (χ3n) is 3.72. The van der Waals surface area contributed by atoms with E-state index in [0.717, 1.165) is 15.4 Å². The van der Waals surface area contributed by atoms with Crippen molar-refractivity contribution in [2.24, 2.45) is 0 Å². The van der Waals surface area contributed by atoms with Crippen molar-refractivity contribution < 1.29 is 9.21 Å². The normalized spacial score (nSPS) is 10.9. The Labute approximate surface area is 151 Å². The van der Waals surface area contributed by atoms with Gasteiger partial charge in [0.1, 0.15) is 18.2 Å². The van der Waals surface area contributed by atoms with Crippen molar-refractivity contribution in [1.29, 1.82) is 0 Å². The number of hydrogen-bond donors (Lipinski definition) is 1. The van der Waals surface area contributed by atoms with Crippen LogP contribution in [0.15, 0.2) is 70.1 Å². The summed E-state index contributed by atoms with van der Waals surface area (Å²) < 4.78 is 8.21. The Balaban J connectivity index is 1.54. The molecule has 2 heterocycles. The highest BCUT2D eigenvalue weighted by atomic mass is 79.9. The van der Waals surface area contributed by atoms with Gasteiger partial charge >= 0.3 is 0 Å². The first kappa shape index (κ1) is 15.6. The van der Waals surface area contributed by atoms with Crippen LogP contribution in [-0.2, 0) is 6.54 Å². The summed E-state index contributed by atoms with van der Waals surface area (Å²) in [4.78, 5) is 16.4. The van der Waals surface area contributed by atoms with Crippen molar-refractivity contribution in [2.75, 3.05) is 5.32 Å².